The van der Waals surface area contributed by atoms with Crippen LogP contribution < -0.4 is 10.1 Å². The van der Waals surface area contributed by atoms with Gasteiger partial charge in [0.15, 0.2) is 0 Å². The van der Waals surface area contributed by atoms with Crippen LogP contribution >= 0.6 is 0 Å². The lowest BCUT2D eigenvalue weighted by Gasteiger charge is -2.34. The standard InChI is InChI=1S/C31H38N4O4/c1-35-29-9-12-33-21-28(29)27-5-3-22(17-30(27)35)23-4-6-31(34-20-23)39-26-18-25(19-26)37-14-2-13-36-15-16-38-24-7-10-32-11-8-24/h3-6,9,12,17,20-21,24-26,32H,2,7-8,10-11,13-16,18-19H2,1H3. The van der Waals surface area contributed by atoms with Gasteiger partial charge in [-0.1, -0.05) is 12.1 Å². The van der Waals surface area contributed by atoms with Crippen LogP contribution in [0.3, 0.4) is 0 Å². The lowest BCUT2D eigenvalue weighted by molar-refractivity contribution is -0.0679. The first-order valence-electron chi connectivity index (χ1n) is 14.2. The summed E-state index contributed by atoms with van der Waals surface area (Å²) >= 11 is 0. The Bertz CT molecular complexity index is 1360. The number of aryl methyl sites for hydroxylation is 1. The minimum absolute atomic E-state index is 0.164. The molecule has 2 aliphatic rings. The minimum atomic E-state index is 0.164. The van der Waals surface area contributed by atoms with Gasteiger partial charge in [0.2, 0.25) is 5.88 Å². The van der Waals surface area contributed by atoms with Gasteiger partial charge >= 0.3 is 0 Å². The van der Waals surface area contributed by atoms with Gasteiger partial charge in [-0.05, 0) is 56.1 Å². The Morgan fingerprint density at radius 1 is 0.821 bits per heavy atom. The highest BCUT2D eigenvalue weighted by molar-refractivity contribution is 6.08. The van der Waals surface area contributed by atoms with Gasteiger partial charge in [-0.25, -0.2) is 4.98 Å². The van der Waals surface area contributed by atoms with E-state index in [1.54, 1.807) is 0 Å². The molecule has 1 saturated heterocycles. The molecule has 1 aromatic carbocycles. The first-order chi connectivity index (χ1) is 19.2. The van der Waals surface area contributed by atoms with Crippen LogP contribution in [0.4, 0.5) is 0 Å². The molecule has 3 aromatic heterocycles. The Labute approximate surface area is 229 Å². The van der Waals surface area contributed by atoms with Crippen molar-refractivity contribution in [1.82, 2.24) is 19.9 Å². The van der Waals surface area contributed by atoms with Crippen molar-refractivity contribution >= 4 is 21.8 Å². The molecule has 4 heterocycles. The predicted molar refractivity (Wildman–Crippen MR) is 152 cm³/mol. The molecular formula is C31H38N4O4. The van der Waals surface area contributed by atoms with E-state index in [9.17, 15) is 0 Å². The molecule has 6 rings (SSSR count). The number of benzene rings is 1. The maximum absolute atomic E-state index is 6.08. The van der Waals surface area contributed by atoms with Gasteiger partial charge in [0.1, 0.15) is 6.10 Å². The predicted octanol–water partition coefficient (Wildman–Crippen LogP) is 4.89. The molecule has 1 aliphatic heterocycles. The Hall–Kier alpha value is -3.04. The number of hydrogen-bond donors (Lipinski definition) is 1. The number of nitrogens with one attached hydrogen (secondary N) is 1. The molecule has 0 radical (unpaired) electrons. The molecule has 0 unspecified atom stereocenters. The summed E-state index contributed by atoms with van der Waals surface area (Å²) in [6, 6.07) is 12.6. The molecular weight excluding hydrogens is 492 g/mol. The molecule has 1 aliphatic carbocycles. The average Bonchev–Trinajstić information content (AvgIpc) is 3.25. The van der Waals surface area contributed by atoms with E-state index in [4.69, 9.17) is 18.9 Å². The Balaban J connectivity index is 0.892. The molecule has 8 heteroatoms. The monoisotopic (exact) mass is 530 g/mol. The van der Waals surface area contributed by atoms with E-state index >= 15 is 0 Å². The van der Waals surface area contributed by atoms with Gasteiger partial charge < -0.3 is 28.8 Å². The van der Waals surface area contributed by atoms with E-state index < -0.39 is 0 Å². The average molecular weight is 531 g/mol. The fraction of sp³-hybridized carbons (Fsp3) is 0.484. The van der Waals surface area contributed by atoms with E-state index in [0.717, 1.165) is 62.9 Å². The molecule has 1 N–H and O–H groups in total. The van der Waals surface area contributed by atoms with Crippen LogP contribution in [-0.2, 0) is 21.3 Å². The Morgan fingerprint density at radius 3 is 2.51 bits per heavy atom. The maximum Gasteiger partial charge on any atom is 0.213 e. The fourth-order valence-corrected chi connectivity index (χ4v) is 5.52. The van der Waals surface area contributed by atoms with E-state index in [0.29, 0.717) is 31.8 Å². The van der Waals surface area contributed by atoms with Gasteiger partial charge in [0.05, 0.1) is 30.9 Å². The molecule has 2 fully saturated rings. The summed E-state index contributed by atoms with van der Waals surface area (Å²) in [6.45, 7) is 4.88. The topological polar surface area (TPSA) is 79.7 Å². The third-order valence-electron chi connectivity index (χ3n) is 7.87. The molecule has 206 valence electrons. The zero-order valence-corrected chi connectivity index (χ0v) is 22.7. The van der Waals surface area contributed by atoms with Crippen LogP contribution in [0, 0.1) is 0 Å². The molecule has 0 bridgehead atoms. The van der Waals surface area contributed by atoms with Crippen molar-refractivity contribution in [3.8, 4) is 17.0 Å². The van der Waals surface area contributed by atoms with Crippen molar-refractivity contribution in [3.63, 3.8) is 0 Å². The summed E-state index contributed by atoms with van der Waals surface area (Å²) < 4.78 is 25.8. The lowest BCUT2D eigenvalue weighted by atomic mass is 9.92. The maximum atomic E-state index is 6.08. The second-order valence-electron chi connectivity index (χ2n) is 10.6. The van der Waals surface area contributed by atoms with Crippen molar-refractivity contribution in [3.05, 3.63) is 55.0 Å². The molecule has 4 aromatic rings. The van der Waals surface area contributed by atoms with Gasteiger partial charge in [-0.3, -0.25) is 4.98 Å². The molecule has 1 saturated carbocycles. The highest BCUT2D eigenvalue weighted by Gasteiger charge is 2.31. The number of aromatic nitrogens is 3. The van der Waals surface area contributed by atoms with Crippen LogP contribution in [-0.4, -0.2) is 72.4 Å². The van der Waals surface area contributed by atoms with E-state index in [-0.39, 0.29) is 12.2 Å². The number of ether oxygens (including phenoxy) is 4. The molecule has 8 nitrogen and oxygen atoms in total. The number of hydrogen-bond acceptors (Lipinski definition) is 7. The summed E-state index contributed by atoms with van der Waals surface area (Å²) in [7, 11) is 2.10. The normalized spacial score (nSPS) is 19.9. The van der Waals surface area contributed by atoms with Crippen LogP contribution in [0.15, 0.2) is 55.0 Å². The smallest absolute Gasteiger partial charge is 0.213 e. The highest BCUT2D eigenvalue weighted by Crippen LogP contribution is 2.32. The van der Waals surface area contributed by atoms with Crippen molar-refractivity contribution in [1.29, 1.82) is 0 Å². The highest BCUT2D eigenvalue weighted by atomic mass is 16.5. The van der Waals surface area contributed by atoms with Crippen molar-refractivity contribution < 1.29 is 18.9 Å². The second kappa shape index (κ2) is 12.4. The van der Waals surface area contributed by atoms with Crippen LogP contribution in [0.1, 0.15) is 32.1 Å². The second-order valence-corrected chi connectivity index (χ2v) is 10.6. The summed E-state index contributed by atoms with van der Waals surface area (Å²) in [6.07, 6.45) is 11.4. The summed E-state index contributed by atoms with van der Waals surface area (Å²) in [5.41, 5.74) is 4.58. The molecule has 0 amide bonds. The van der Waals surface area contributed by atoms with Crippen LogP contribution in [0.5, 0.6) is 5.88 Å². The Morgan fingerprint density at radius 2 is 1.67 bits per heavy atom. The quantitative estimate of drug-likeness (QED) is 0.261. The summed E-state index contributed by atoms with van der Waals surface area (Å²) in [5, 5.41) is 5.74. The number of nitrogens with zero attached hydrogens (tertiary/aromatic N) is 3. The summed E-state index contributed by atoms with van der Waals surface area (Å²) in [4.78, 5) is 8.87. The SMILES string of the molecule is Cn1c2ccncc2c2ccc(-c3ccc(OC4CC(OCCCOCCOC5CCNCC5)C4)nc3)cc21. The zero-order chi connectivity index (χ0) is 26.4. The number of fused-ring (bicyclic) bond motifs is 3. The molecule has 39 heavy (non-hydrogen) atoms. The minimum Gasteiger partial charge on any atom is -0.474 e. The van der Waals surface area contributed by atoms with Gasteiger partial charge in [-0.15, -0.1) is 0 Å². The van der Waals surface area contributed by atoms with Crippen LogP contribution in [0.2, 0.25) is 0 Å². The van der Waals surface area contributed by atoms with Gasteiger partial charge in [-0.2, -0.15) is 0 Å². The zero-order valence-electron chi connectivity index (χ0n) is 22.7. The van der Waals surface area contributed by atoms with E-state index in [2.05, 4.69) is 57.2 Å². The van der Waals surface area contributed by atoms with Crippen LogP contribution in [0.25, 0.3) is 32.9 Å². The first-order valence-corrected chi connectivity index (χ1v) is 14.2. The largest absolute Gasteiger partial charge is 0.474 e. The number of pyridine rings is 2. The third-order valence-corrected chi connectivity index (χ3v) is 7.87. The lowest BCUT2D eigenvalue weighted by Crippen LogP contribution is -2.39. The third kappa shape index (κ3) is 6.25. The number of piperidine rings is 1. The van der Waals surface area contributed by atoms with Crippen molar-refractivity contribution in [2.45, 2.75) is 50.4 Å². The molecule has 0 spiro atoms. The molecule has 0 atom stereocenters. The number of rotatable bonds is 12. The van der Waals surface area contributed by atoms with E-state index in [1.165, 1.54) is 21.8 Å². The van der Waals surface area contributed by atoms with E-state index in [1.807, 2.05) is 24.7 Å². The van der Waals surface area contributed by atoms with Crippen molar-refractivity contribution in [2.24, 2.45) is 7.05 Å². The van der Waals surface area contributed by atoms with Gasteiger partial charge in [0.25, 0.3) is 0 Å². The first kappa shape index (κ1) is 26.2. The Kier molecular flexibility index (Phi) is 8.35. The van der Waals surface area contributed by atoms with Gasteiger partial charge in [0, 0.05) is 79.6 Å². The summed E-state index contributed by atoms with van der Waals surface area (Å²) in [5.74, 6) is 0.666. The van der Waals surface area contributed by atoms with Crippen molar-refractivity contribution in [2.75, 3.05) is 39.5 Å². The fourth-order valence-electron chi connectivity index (χ4n) is 5.52.